The van der Waals surface area contributed by atoms with Gasteiger partial charge in [0.15, 0.2) is 11.5 Å². The SMILES string of the molecule is COc1cc(/C=C2\SC(=S)NC2=O)cc(OC)c1OC(F)F. The van der Waals surface area contributed by atoms with Crippen molar-refractivity contribution in [2.75, 3.05) is 14.2 Å². The first kappa shape index (κ1) is 16.5. The third kappa shape index (κ3) is 3.66. The highest BCUT2D eigenvalue weighted by atomic mass is 32.2. The van der Waals surface area contributed by atoms with Crippen LogP contribution in [0.4, 0.5) is 8.78 Å². The molecule has 0 unspecified atom stereocenters. The Labute approximate surface area is 134 Å². The first-order valence-electron chi connectivity index (χ1n) is 5.90. The van der Waals surface area contributed by atoms with Gasteiger partial charge in [-0.15, -0.1) is 0 Å². The molecule has 0 radical (unpaired) electrons. The van der Waals surface area contributed by atoms with Crippen LogP contribution in [0.3, 0.4) is 0 Å². The number of methoxy groups -OCH3 is 2. The number of nitrogens with one attached hydrogen (secondary N) is 1. The van der Waals surface area contributed by atoms with Crippen molar-refractivity contribution in [2.45, 2.75) is 6.61 Å². The quantitative estimate of drug-likeness (QED) is 0.653. The molecule has 1 saturated heterocycles. The molecule has 22 heavy (non-hydrogen) atoms. The summed E-state index contributed by atoms with van der Waals surface area (Å²) in [6, 6.07) is 2.92. The molecule has 0 spiro atoms. The molecular formula is C13H11F2NO4S2. The van der Waals surface area contributed by atoms with Gasteiger partial charge in [0.2, 0.25) is 5.75 Å². The highest BCUT2D eigenvalue weighted by molar-refractivity contribution is 8.26. The van der Waals surface area contributed by atoms with E-state index in [1.54, 1.807) is 6.08 Å². The van der Waals surface area contributed by atoms with Crippen molar-refractivity contribution >= 4 is 40.3 Å². The molecule has 118 valence electrons. The Balaban J connectivity index is 2.44. The van der Waals surface area contributed by atoms with Crippen LogP contribution in [0.5, 0.6) is 17.2 Å². The Kier molecular flexibility index (Phi) is 5.19. The van der Waals surface area contributed by atoms with E-state index in [0.29, 0.717) is 14.8 Å². The number of ether oxygens (including phenoxy) is 3. The maximum absolute atomic E-state index is 12.5. The van der Waals surface area contributed by atoms with Gasteiger partial charge < -0.3 is 19.5 Å². The molecule has 2 rings (SSSR count). The molecule has 1 aromatic rings. The Morgan fingerprint density at radius 3 is 2.27 bits per heavy atom. The zero-order valence-electron chi connectivity index (χ0n) is 11.5. The van der Waals surface area contributed by atoms with Gasteiger partial charge >= 0.3 is 6.61 Å². The summed E-state index contributed by atoms with van der Waals surface area (Å²) in [5.41, 5.74) is 0.526. The standard InChI is InChI=1S/C13H11F2NO4S2/c1-18-7-3-6(5-9-11(17)16-13(21)22-9)4-8(19-2)10(7)20-12(14)15/h3-5,12H,1-2H3,(H,16,17,21)/b9-5-. The maximum atomic E-state index is 12.5. The fourth-order valence-electron chi connectivity index (χ4n) is 1.76. The Morgan fingerprint density at radius 1 is 1.27 bits per heavy atom. The van der Waals surface area contributed by atoms with E-state index in [4.69, 9.17) is 21.7 Å². The van der Waals surface area contributed by atoms with E-state index in [1.165, 1.54) is 26.4 Å². The monoisotopic (exact) mass is 347 g/mol. The average molecular weight is 347 g/mol. The van der Waals surface area contributed by atoms with Crippen molar-refractivity contribution in [1.82, 2.24) is 5.32 Å². The van der Waals surface area contributed by atoms with Gasteiger partial charge in [0.1, 0.15) is 4.32 Å². The summed E-state index contributed by atoms with van der Waals surface area (Å²) in [4.78, 5) is 12.0. The van der Waals surface area contributed by atoms with Crippen molar-refractivity contribution < 1.29 is 27.8 Å². The van der Waals surface area contributed by atoms with Crippen LogP contribution in [0.15, 0.2) is 17.0 Å². The number of rotatable bonds is 5. The molecule has 9 heteroatoms. The minimum absolute atomic E-state index is 0.0671. The van der Waals surface area contributed by atoms with Gasteiger partial charge in [0.25, 0.3) is 5.91 Å². The van der Waals surface area contributed by atoms with Crippen molar-refractivity contribution in [3.05, 3.63) is 22.6 Å². The summed E-state index contributed by atoms with van der Waals surface area (Å²) in [7, 11) is 2.63. The van der Waals surface area contributed by atoms with Crippen molar-refractivity contribution in [3.63, 3.8) is 0 Å². The number of carbonyl (C=O) groups is 1. The number of carbonyl (C=O) groups excluding carboxylic acids is 1. The molecule has 0 atom stereocenters. The second-order valence-electron chi connectivity index (χ2n) is 3.99. The lowest BCUT2D eigenvalue weighted by Crippen LogP contribution is -2.17. The zero-order valence-corrected chi connectivity index (χ0v) is 13.1. The van der Waals surface area contributed by atoms with E-state index in [-0.39, 0.29) is 23.2 Å². The van der Waals surface area contributed by atoms with Crippen molar-refractivity contribution in [1.29, 1.82) is 0 Å². The third-order valence-corrected chi connectivity index (χ3v) is 3.79. The molecule has 1 N–H and O–H groups in total. The molecular weight excluding hydrogens is 336 g/mol. The molecule has 1 aliphatic rings. The van der Waals surface area contributed by atoms with Gasteiger partial charge in [-0.3, -0.25) is 4.79 Å². The van der Waals surface area contributed by atoms with Crippen LogP contribution >= 0.6 is 24.0 Å². The van der Waals surface area contributed by atoms with E-state index in [9.17, 15) is 13.6 Å². The van der Waals surface area contributed by atoms with Crippen molar-refractivity contribution in [3.8, 4) is 17.2 Å². The summed E-state index contributed by atoms with van der Waals surface area (Å²) in [6.45, 7) is -3.01. The Bertz CT molecular complexity index is 624. The van der Waals surface area contributed by atoms with Crippen LogP contribution in [-0.2, 0) is 4.79 Å². The number of hydrogen-bond donors (Lipinski definition) is 1. The van der Waals surface area contributed by atoms with Crippen LogP contribution in [0.25, 0.3) is 6.08 Å². The second-order valence-corrected chi connectivity index (χ2v) is 5.70. The summed E-state index contributed by atoms with van der Waals surface area (Å²) < 4.78 is 39.8. The van der Waals surface area contributed by atoms with Crippen LogP contribution in [0.2, 0.25) is 0 Å². The van der Waals surface area contributed by atoms with E-state index in [2.05, 4.69) is 10.1 Å². The fourth-order valence-corrected chi connectivity index (χ4v) is 2.81. The molecule has 0 bridgehead atoms. The lowest BCUT2D eigenvalue weighted by Gasteiger charge is -2.14. The highest BCUT2D eigenvalue weighted by Gasteiger charge is 2.23. The van der Waals surface area contributed by atoms with E-state index < -0.39 is 6.61 Å². The topological polar surface area (TPSA) is 56.8 Å². The largest absolute Gasteiger partial charge is 0.493 e. The van der Waals surface area contributed by atoms with Crippen LogP contribution < -0.4 is 19.5 Å². The smallest absolute Gasteiger partial charge is 0.387 e. The molecule has 1 amide bonds. The molecule has 1 aliphatic heterocycles. The summed E-state index contributed by atoms with van der Waals surface area (Å²) >= 11 is 6.00. The Morgan fingerprint density at radius 2 is 1.86 bits per heavy atom. The van der Waals surface area contributed by atoms with E-state index in [0.717, 1.165) is 11.8 Å². The first-order chi connectivity index (χ1) is 10.4. The molecule has 0 aliphatic carbocycles. The lowest BCUT2D eigenvalue weighted by atomic mass is 10.1. The number of halogens is 2. The van der Waals surface area contributed by atoms with Gasteiger partial charge in [0.05, 0.1) is 19.1 Å². The molecule has 1 fully saturated rings. The molecule has 1 heterocycles. The number of amides is 1. The van der Waals surface area contributed by atoms with Gasteiger partial charge in [-0.2, -0.15) is 8.78 Å². The van der Waals surface area contributed by atoms with Crippen LogP contribution in [-0.4, -0.2) is 31.1 Å². The fraction of sp³-hybridized carbons (Fsp3) is 0.231. The molecule has 5 nitrogen and oxygen atoms in total. The number of thiocarbonyl (C=S) groups is 1. The number of alkyl halides is 2. The normalized spacial score (nSPS) is 16.1. The summed E-state index contributed by atoms with van der Waals surface area (Å²) in [5.74, 6) is -0.392. The molecule has 1 aromatic carbocycles. The van der Waals surface area contributed by atoms with Gasteiger partial charge in [0, 0.05) is 0 Å². The van der Waals surface area contributed by atoms with Crippen LogP contribution in [0.1, 0.15) is 5.56 Å². The number of benzene rings is 1. The van der Waals surface area contributed by atoms with E-state index in [1.807, 2.05) is 0 Å². The highest BCUT2D eigenvalue weighted by Crippen LogP contribution is 2.40. The van der Waals surface area contributed by atoms with E-state index >= 15 is 0 Å². The second kappa shape index (κ2) is 6.93. The zero-order chi connectivity index (χ0) is 16.3. The van der Waals surface area contributed by atoms with Crippen molar-refractivity contribution in [2.24, 2.45) is 0 Å². The molecule has 0 saturated carbocycles. The first-order valence-corrected chi connectivity index (χ1v) is 7.12. The number of thioether (sulfide) groups is 1. The summed E-state index contributed by atoms with van der Waals surface area (Å²) in [6.07, 6.45) is 1.55. The lowest BCUT2D eigenvalue weighted by molar-refractivity contribution is -0.115. The van der Waals surface area contributed by atoms with Gasteiger partial charge in [-0.05, 0) is 23.8 Å². The minimum Gasteiger partial charge on any atom is -0.493 e. The summed E-state index contributed by atoms with van der Waals surface area (Å²) in [5, 5.41) is 2.48. The maximum Gasteiger partial charge on any atom is 0.387 e. The Hall–Kier alpha value is -1.87. The predicted octanol–water partition coefficient (Wildman–Crippen LogP) is 2.79. The third-order valence-electron chi connectivity index (χ3n) is 2.63. The minimum atomic E-state index is -3.01. The van der Waals surface area contributed by atoms with Crippen LogP contribution in [0, 0.1) is 0 Å². The number of hydrogen-bond acceptors (Lipinski definition) is 6. The van der Waals surface area contributed by atoms with Gasteiger partial charge in [-0.25, -0.2) is 0 Å². The predicted molar refractivity (Wildman–Crippen MR) is 82.5 cm³/mol. The molecule has 0 aromatic heterocycles. The van der Waals surface area contributed by atoms with Gasteiger partial charge in [-0.1, -0.05) is 24.0 Å². The average Bonchev–Trinajstić information content (AvgIpc) is 2.77.